The van der Waals surface area contributed by atoms with Crippen molar-refractivity contribution in [2.75, 3.05) is 5.75 Å². The van der Waals surface area contributed by atoms with E-state index < -0.39 is 0 Å². The molecule has 0 spiro atoms. The van der Waals surface area contributed by atoms with E-state index in [1.165, 1.54) is 11.8 Å². The fourth-order valence-electron chi connectivity index (χ4n) is 1.86. The fraction of sp³-hybridized carbons (Fsp3) is 0.0667. The molecule has 5 nitrogen and oxygen atoms in total. The van der Waals surface area contributed by atoms with Gasteiger partial charge >= 0.3 is 0 Å². The van der Waals surface area contributed by atoms with E-state index in [1.54, 1.807) is 24.3 Å². The third-order valence-corrected chi connectivity index (χ3v) is 3.89. The Morgan fingerprint density at radius 1 is 1.19 bits per heavy atom. The number of pyridine rings is 1. The van der Waals surface area contributed by atoms with Crippen LogP contribution < -0.4 is 0 Å². The first-order valence-electron chi connectivity index (χ1n) is 6.24. The average Bonchev–Trinajstić information content (AvgIpc) is 2.96. The smallest absolute Gasteiger partial charge is 0.196 e. The summed E-state index contributed by atoms with van der Waals surface area (Å²) in [5.74, 6) is 0.277. The molecule has 3 aromatic rings. The summed E-state index contributed by atoms with van der Waals surface area (Å²) in [6, 6.07) is 14.3. The molecule has 0 unspecified atom stereocenters. The number of ketones is 1. The van der Waals surface area contributed by atoms with Crippen LogP contribution >= 0.6 is 11.8 Å². The van der Waals surface area contributed by atoms with Crippen molar-refractivity contribution in [3.8, 4) is 6.07 Å². The van der Waals surface area contributed by atoms with E-state index in [2.05, 4.69) is 10.2 Å². The summed E-state index contributed by atoms with van der Waals surface area (Å²) < 4.78 is 1.84. The second kappa shape index (κ2) is 5.77. The number of carbonyl (C=O) groups is 1. The summed E-state index contributed by atoms with van der Waals surface area (Å²) in [5, 5.41) is 17.5. The van der Waals surface area contributed by atoms with Crippen LogP contribution in [0, 0.1) is 11.3 Å². The SMILES string of the molecule is N#Cc1ccc(C(=O)CSc2nnc3ccccn23)cc1. The van der Waals surface area contributed by atoms with E-state index in [0.29, 0.717) is 16.3 Å². The molecule has 2 aromatic heterocycles. The topological polar surface area (TPSA) is 71.0 Å². The zero-order valence-corrected chi connectivity index (χ0v) is 11.7. The summed E-state index contributed by atoms with van der Waals surface area (Å²) in [6.45, 7) is 0. The third kappa shape index (κ3) is 2.78. The molecular weight excluding hydrogens is 284 g/mol. The third-order valence-electron chi connectivity index (χ3n) is 2.95. The highest BCUT2D eigenvalue weighted by atomic mass is 32.2. The van der Waals surface area contributed by atoms with Gasteiger partial charge < -0.3 is 0 Å². The molecule has 0 aliphatic rings. The lowest BCUT2D eigenvalue weighted by molar-refractivity contribution is 0.102. The largest absolute Gasteiger partial charge is 0.293 e. The first kappa shape index (κ1) is 13.3. The summed E-state index contributed by atoms with van der Waals surface area (Å²) >= 11 is 1.34. The van der Waals surface area contributed by atoms with Crippen LogP contribution in [0.15, 0.2) is 53.8 Å². The van der Waals surface area contributed by atoms with Crippen molar-refractivity contribution in [2.24, 2.45) is 0 Å². The minimum atomic E-state index is -0.00262. The van der Waals surface area contributed by atoms with Gasteiger partial charge in [-0.2, -0.15) is 5.26 Å². The number of Topliss-reactive ketones (excluding diaryl/α,β-unsaturated/α-hetero) is 1. The maximum Gasteiger partial charge on any atom is 0.196 e. The Hall–Kier alpha value is -2.65. The molecule has 6 heteroatoms. The van der Waals surface area contributed by atoms with Gasteiger partial charge in [-0.15, -0.1) is 10.2 Å². The maximum absolute atomic E-state index is 12.1. The lowest BCUT2D eigenvalue weighted by atomic mass is 10.1. The molecule has 0 bridgehead atoms. The van der Waals surface area contributed by atoms with Crippen molar-refractivity contribution in [1.29, 1.82) is 5.26 Å². The van der Waals surface area contributed by atoms with Gasteiger partial charge in [0, 0.05) is 11.8 Å². The standard InChI is InChI=1S/C15H10N4OS/c16-9-11-4-6-12(7-5-11)13(20)10-21-15-18-17-14-3-1-2-8-19(14)15/h1-8H,10H2. The molecule has 1 aromatic carbocycles. The highest BCUT2D eigenvalue weighted by Crippen LogP contribution is 2.18. The van der Waals surface area contributed by atoms with Crippen LogP contribution in [0.2, 0.25) is 0 Å². The molecule has 0 saturated carbocycles. The van der Waals surface area contributed by atoms with Gasteiger partial charge in [0.25, 0.3) is 0 Å². The molecule has 21 heavy (non-hydrogen) atoms. The van der Waals surface area contributed by atoms with Crippen LogP contribution in [0.4, 0.5) is 0 Å². The molecule has 0 saturated heterocycles. The first-order valence-corrected chi connectivity index (χ1v) is 7.22. The molecular formula is C15H10N4OS. The van der Waals surface area contributed by atoms with E-state index in [9.17, 15) is 4.79 Å². The number of rotatable bonds is 4. The number of aromatic nitrogens is 3. The molecule has 0 amide bonds. The van der Waals surface area contributed by atoms with E-state index >= 15 is 0 Å². The monoisotopic (exact) mass is 294 g/mol. The van der Waals surface area contributed by atoms with Crippen molar-refractivity contribution < 1.29 is 4.79 Å². The number of thioether (sulfide) groups is 1. The minimum absolute atomic E-state index is 0.00262. The molecule has 0 aliphatic heterocycles. The molecule has 0 atom stereocenters. The van der Waals surface area contributed by atoms with Crippen molar-refractivity contribution in [1.82, 2.24) is 14.6 Å². The van der Waals surface area contributed by atoms with Crippen LogP contribution in [-0.4, -0.2) is 26.1 Å². The van der Waals surface area contributed by atoms with E-state index in [0.717, 1.165) is 5.65 Å². The van der Waals surface area contributed by atoms with E-state index in [1.807, 2.05) is 34.9 Å². The highest BCUT2D eigenvalue weighted by molar-refractivity contribution is 7.99. The zero-order chi connectivity index (χ0) is 14.7. The Kier molecular flexibility index (Phi) is 3.67. The lowest BCUT2D eigenvalue weighted by Crippen LogP contribution is -2.03. The maximum atomic E-state index is 12.1. The lowest BCUT2D eigenvalue weighted by Gasteiger charge is -2.01. The number of carbonyl (C=O) groups excluding carboxylic acids is 1. The van der Waals surface area contributed by atoms with Gasteiger partial charge in [0.05, 0.1) is 17.4 Å². The molecule has 0 aliphatic carbocycles. The van der Waals surface area contributed by atoms with Crippen LogP contribution in [0.5, 0.6) is 0 Å². The zero-order valence-electron chi connectivity index (χ0n) is 10.9. The second-order valence-corrected chi connectivity index (χ2v) is 5.25. The number of nitriles is 1. The van der Waals surface area contributed by atoms with Crippen molar-refractivity contribution in [3.63, 3.8) is 0 Å². The molecule has 0 N–H and O–H groups in total. The van der Waals surface area contributed by atoms with Gasteiger partial charge in [-0.25, -0.2) is 0 Å². The molecule has 0 fully saturated rings. The van der Waals surface area contributed by atoms with Crippen LogP contribution in [-0.2, 0) is 0 Å². The Bertz CT molecular complexity index is 833. The predicted molar refractivity (Wildman–Crippen MR) is 79.2 cm³/mol. The van der Waals surface area contributed by atoms with Crippen molar-refractivity contribution in [3.05, 3.63) is 59.8 Å². The highest BCUT2D eigenvalue weighted by Gasteiger charge is 2.10. The summed E-state index contributed by atoms with van der Waals surface area (Å²) in [6.07, 6.45) is 1.86. The second-order valence-electron chi connectivity index (χ2n) is 4.31. The Morgan fingerprint density at radius 2 is 2.00 bits per heavy atom. The van der Waals surface area contributed by atoms with Crippen LogP contribution in [0.1, 0.15) is 15.9 Å². The number of nitrogens with zero attached hydrogens (tertiary/aromatic N) is 4. The quantitative estimate of drug-likeness (QED) is 0.546. The Morgan fingerprint density at radius 3 is 2.76 bits per heavy atom. The summed E-state index contributed by atoms with van der Waals surface area (Å²) in [5.41, 5.74) is 1.89. The van der Waals surface area contributed by atoms with Crippen LogP contribution in [0.25, 0.3) is 5.65 Å². The average molecular weight is 294 g/mol. The fourth-order valence-corrected chi connectivity index (χ4v) is 2.68. The van der Waals surface area contributed by atoms with Gasteiger partial charge in [-0.1, -0.05) is 30.0 Å². The molecule has 0 radical (unpaired) electrons. The van der Waals surface area contributed by atoms with E-state index in [-0.39, 0.29) is 11.5 Å². The molecule has 102 valence electrons. The normalized spacial score (nSPS) is 10.4. The molecule has 2 heterocycles. The van der Waals surface area contributed by atoms with Gasteiger partial charge in [-0.3, -0.25) is 9.20 Å². The van der Waals surface area contributed by atoms with Gasteiger partial charge in [-0.05, 0) is 24.3 Å². The van der Waals surface area contributed by atoms with Crippen LogP contribution in [0.3, 0.4) is 0 Å². The predicted octanol–water partition coefficient (Wildman–Crippen LogP) is 2.58. The van der Waals surface area contributed by atoms with Crippen molar-refractivity contribution in [2.45, 2.75) is 5.16 Å². The molecule has 3 rings (SSSR count). The summed E-state index contributed by atoms with van der Waals surface area (Å²) in [7, 11) is 0. The number of fused-ring (bicyclic) bond motifs is 1. The minimum Gasteiger partial charge on any atom is -0.293 e. The van der Waals surface area contributed by atoms with Gasteiger partial charge in [0.2, 0.25) is 0 Å². The van der Waals surface area contributed by atoms with Gasteiger partial charge in [0.15, 0.2) is 16.6 Å². The van der Waals surface area contributed by atoms with Crippen molar-refractivity contribution >= 4 is 23.2 Å². The Balaban J connectivity index is 1.72. The number of hydrogen-bond acceptors (Lipinski definition) is 5. The summed E-state index contributed by atoms with van der Waals surface area (Å²) in [4.78, 5) is 12.1. The number of benzene rings is 1. The van der Waals surface area contributed by atoms with E-state index in [4.69, 9.17) is 5.26 Å². The Labute approximate surface area is 125 Å². The number of hydrogen-bond donors (Lipinski definition) is 0. The first-order chi connectivity index (χ1) is 10.3. The van der Waals surface area contributed by atoms with Gasteiger partial charge in [0.1, 0.15) is 0 Å².